The van der Waals surface area contributed by atoms with Crippen LogP contribution in [0, 0.1) is 17.2 Å². The fourth-order valence-electron chi connectivity index (χ4n) is 2.61. The third-order valence-electron chi connectivity index (χ3n) is 4.11. The summed E-state index contributed by atoms with van der Waals surface area (Å²) in [4.78, 5) is 28.2. The highest BCUT2D eigenvalue weighted by atomic mass is 35.5. The molecular formula is C17H12ClN5O2. The molecule has 8 heteroatoms. The molecule has 1 aliphatic rings. The average Bonchev–Trinajstić information content (AvgIpc) is 3.40. The van der Waals surface area contributed by atoms with Crippen LogP contribution in [0.2, 0.25) is 5.02 Å². The summed E-state index contributed by atoms with van der Waals surface area (Å²) in [6.45, 7) is 0. The molecule has 0 spiro atoms. The van der Waals surface area contributed by atoms with Crippen LogP contribution in [0.25, 0.3) is 16.6 Å². The molecule has 0 unspecified atom stereocenters. The van der Waals surface area contributed by atoms with Gasteiger partial charge >= 0.3 is 0 Å². The van der Waals surface area contributed by atoms with Crippen LogP contribution in [0.3, 0.4) is 0 Å². The van der Waals surface area contributed by atoms with Crippen LogP contribution in [0.5, 0.6) is 0 Å². The van der Waals surface area contributed by atoms with Gasteiger partial charge in [-0.25, -0.2) is 4.98 Å². The van der Waals surface area contributed by atoms with Crippen LogP contribution in [0.4, 0.5) is 5.82 Å². The van der Waals surface area contributed by atoms with Crippen molar-refractivity contribution < 1.29 is 4.79 Å². The topological polar surface area (TPSA) is 104 Å². The second-order valence-electron chi connectivity index (χ2n) is 5.90. The number of nitrogens with zero attached hydrogens (tertiary/aromatic N) is 3. The van der Waals surface area contributed by atoms with Crippen molar-refractivity contribution in [3.8, 4) is 11.8 Å². The predicted molar refractivity (Wildman–Crippen MR) is 92.8 cm³/mol. The Balaban J connectivity index is 1.80. The molecule has 7 nitrogen and oxygen atoms in total. The molecule has 1 amide bonds. The molecule has 1 fully saturated rings. The van der Waals surface area contributed by atoms with Crippen molar-refractivity contribution in [2.45, 2.75) is 12.8 Å². The minimum Gasteiger partial charge on any atom is -0.310 e. The van der Waals surface area contributed by atoms with Gasteiger partial charge in [-0.2, -0.15) is 5.26 Å². The zero-order valence-electron chi connectivity index (χ0n) is 12.9. The monoisotopic (exact) mass is 353 g/mol. The number of anilines is 1. The van der Waals surface area contributed by atoms with E-state index in [0.717, 1.165) is 12.8 Å². The zero-order valence-corrected chi connectivity index (χ0v) is 13.7. The van der Waals surface area contributed by atoms with Gasteiger partial charge in [-0.3, -0.25) is 19.4 Å². The van der Waals surface area contributed by atoms with Crippen molar-refractivity contribution >= 4 is 34.2 Å². The molecule has 0 radical (unpaired) electrons. The van der Waals surface area contributed by atoms with Gasteiger partial charge < -0.3 is 5.32 Å². The van der Waals surface area contributed by atoms with Gasteiger partial charge in [-0.05, 0) is 31.0 Å². The molecule has 0 atom stereocenters. The van der Waals surface area contributed by atoms with Crippen molar-refractivity contribution in [3.63, 3.8) is 0 Å². The van der Waals surface area contributed by atoms with Crippen LogP contribution < -0.4 is 10.9 Å². The summed E-state index contributed by atoms with van der Waals surface area (Å²) in [5, 5.41) is 15.1. The molecule has 1 aliphatic carbocycles. The van der Waals surface area contributed by atoms with Gasteiger partial charge in [0.1, 0.15) is 11.9 Å². The van der Waals surface area contributed by atoms with Crippen molar-refractivity contribution in [1.29, 1.82) is 5.26 Å². The second-order valence-corrected chi connectivity index (χ2v) is 6.31. The minimum absolute atomic E-state index is 0.0577. The largest absolute Gasteiger partial charge is 0.310 e. The Bertz CT molecular complexity index is 1100. The average molecular weight is 354 g/mol. The number of aromatic amines is 1. The normalized spacial score (nSPS) is 13.6. The van der Waals surface area contributed by atoms with Crippen LogP contribution in [0.15, 0.2) is 35.3 Å². The van der Waals surface area contributed by atoms with Crippen LogP contribution >= 0.6 is 11.6 Å². The molecular weight excluding hydrogens is 342 g/mol. The number of pyridine rings is 1. The minimum atomic E-state index is -0.303. The Morgan fingerprint density at radius 3 is 2.88 bits per heavy atom. The van der Waals surface area contributed by atoms with Crippen molar-refractivity contribution in [3.05, 3.63) is 51.4 Å². The first-order valence-electron chi connectivity index (χ1n) is 7.68. The smallest absolute Gasteiger partial charge is 0.273 e. The first kappa shape index (κ1) is 15.4. The van der Waals surface area contributed by atoms with E-state index in [1.165, 1.54) is 6.20 Å². The van der Waals surface area contributed by atoms with E-state index in [4.69, 9.17) is 16.9 Å². The first-order valence-corrected chi connectivity index (χ1v) is 8.06. The van der Waals surface area contributed by atoms with E-state index in [0.29, 0.717) is 33.0 Å². The predicted octanol–water partition coefficient (Wildman–Crippen LogP) is 2.59. The number of amides is 1. The fourth-order valence-corrected chi connectivity index (χ4v) is 2.82. The molecule has 25 heavy (non-hydrogen) atoms. The molecule has 2 heterocycles. The summed E-state index contributed by atoms with van der Waals surface area (Å²) in [5.74, 6) is 0.387. The summed E-state index contributed by atoms with van der Waals surface area (Å²) < 4.78 is 1.55. The number of nitrogens with one attached hydrogen (secondary N) is 2. The molecule has 124 valence electrons. The van der Waals surface area contributed by atoms with E-state index in [9.17, 15) is 9.59 Å². The second kappa shape index (κ2) is 5.76. The third kappa shape index (κ3) is 2.77. The Morgan fingerprint density at radius 2 is 2.20 bits per heavy atom. The molecule has 2 aromatic heterocycles. The summed E-state index contributed by atoms with van der Waals surface area (Å²) >= 11 is 6.08. The number of carbonyl (C=O) groups excluding carboxylic acids is 1. The number of rotatable bonds is 3. The van der Waals surface area contributed by atoms with E-state index in [1.807, 2.05) is 6.07 Å². The summed E-state index contributed by atoms with van der Waals surface area (Å²) in [7, 11) is 0. The third-order valence-corrected chi connectivity index (χ3v) is 4.42. The highest BCUT2D eigenvalue weighted by molar-refractivity contribution is 6.31. The lowest BCUT2D eigenvalue weighted by molar-refractivity contribution is -0.117. The van der Waals surface area contributed by atoms with E-state index < -0.39 is 0 Å². The van der Waals surface area contributed by atoms with E-state index in [-0.39, 0.29) is 17.4 Å². The maximum Gasteiger partial charge on any atom is 0.273 e. The van der Waals surface area contributed by atoms with Crippen LogP contribution in [0.1, 0.15) is 18.4 Å². The summed E-state index contributed by atoms with van der Waals surface area (Å²) in [6.07, 6.45) is 3.22. The standard InChI is InChI=1S/C17H12ClN5O2/c18-13-5-11(4-3-10(13)7-19)23-14-6-15(21-16(24)9-1-2-9)20-8-12(14)17(25)22-23/h3-6,8-9H,1-2H2,(H,22,25)(H,20,21,24). The fraction of sp³-hybridized carbons (Fsp3) is 0.176. The lowest BCUT2D eigenvalue weighted by Gasteiger charge is -2.07. The maximum absolute atomic E-state index is 12.1. The van der Waals surface area contributed by atoms with E-state index in [1.54, 1.807) is 28.9 Å². The summed E-state index contributed by atoms with van der Waals surface area (Å²) in [5.41, 5.74) is 1.21. The van der Waals surface area contributed by atoms with Crippen LogP contribution in [-0.2, 0) is 4.79 Å². The summed E-state index contributed by atoms with van der Waals surface area (Å²) in [6, 6.07) is 8.49. The zero-order chi connectivity index (χ0) is 17.6. The van der Waals surface area contributed by atoms with Gasteiger partial charge in [0.05, 0.1) is 27.2 Å². The number of aromatic nitrogens is 3. The van der Waals surface area contributed by atoms with Crippen LogP contribution in [-0.4, -0.2) is 20.7 Å². The van der Waals surface area contributed by atoms with Crippen molar-refractivity contribution in [2.75, 3.05) is 5.32 Å². The van der Waals surface area contributed by atoms with Crippen molar-refractivity contribution in [2.24, 2.45) is 5.92 Å². The van der Waals surface area contributed by atoms with Gasteiger partial charge in [0.2, 0.25) is 5.91 Å². The first-order chi connectivity index (χ1) is 12.1. The van der Waals surface area contributed by atoms with E-state index >= 15 is 0 Å². The lowest BCUT2D eigenvalue weighted by atomic mass is 10.2. The SMILES string of the molecule is N#Cc1ccc(-n2[nH]c(=O)c3cnc(NC(=O)C4CC4)cc32)cc1Cl. The molecule has 3 aromatic rings. The van der Waals surface area contributed by atoms with Crippen molar-refractivity contribution in [1.82, 2.24) is 14.8 Å². The molecule has 0 saturated heterocycles. The number of fused-ring (bicyclic) bond motifs is 1. The van der Waals surface area contributed by atoms with Gasteiger partial charge in [-0.15, -0.1) is 0 Å². The Kier molecular flexibility index (Phi) is 3.55. The number of nitriles is 1. The number of benzene rings is 1. The van der Waals surface area contributed by atoms with Gasteiger partial charge in [0.25, 0.3) is 5.56 Å². The number of halogens is 1. The van der Waals surface area contributed by atoms with Gasteiger partial charge in [0, 0.05) is 18.2 Å². The van der Waals surface area contributed by atoms with Gasteiger partial charge in [-0.1, -0.05) is 11.6 Å². The van der Waals surface area contributed by atoms with E-state index in [2.05, 4.69) is 15.4 Å². The molecule has 1 aromatic carbocycles. The highest BCUT2D eigenvalue weighted by Crippen LogP contribution is 2.30. The molecule has 4 rings (SSSR count). The molecule has 0 aliphatic heterocycles. The number of H-pyrrole nitrogens is 1. The van der Waals surface area contributed by atoms with Gasteiger partial charge in [0.15, 0.2) is 0 Å². The maximum atomic E-state index is 12.1. The highest BCUT2D eigenvalue weighted by Gasteiger charge is 2.29. The molecule has 1 saturated carbocycles. The number of hydrogen-bond donors (Lipinski definition) is 2. The molecule has 2 N–H and O–H groups in total. The quantitative estimate of drug-likeness (QED) is 0.755. The Labute approximate surface area is 146 Å². The number of hydrogen-bond acceptors (Lipinski definition) is 4. The Morgan fingerprint density at radius 1 is 1.40 bits per heavy atom. The molecule has 0 bridgehead atoms. The lowest BCUT2D eigenvalue weighted by Crippen LogP contribution is -2.14. The Hall–Kier alpha value is -3.11. The number of carbonyl (C=O) groups is 1.